The van der Waals surface area contributed by atoms with Crippen molar-refractivity contribution >= 4 is 16.6 Å². The number of pyridine rings is 1. The third-order valence-electron chi connectivity index (χ3n) is 3.96. The number of hydrogen-bond acceptors (Lipinski definition) is 3. The van der Waals surface area contributed by atoms with Crippen molar-refractivity contribution in [3.63, 3.8) is 0 Å². The average Bonchev–Trinajstić information content (AvgIpc) is 2.34. The van der Waals surface area contributed by atoms with Gasteiger partial charge in [0.05, 0.1) is 13.1 Å². The maximum Gasteiger partial charge on any atom is 0.136 e. The molecule has 0 amide bonds. The Morgan fingerprint density at radius 2 is 1.94 bits per heavy atom. The van der Waals surface area contributed by atoms with Crippen LogP contribution in [0.4, 0.5) is 5.82 Å². The Morgan fingerprint density at radius 1 is 1.22 bits per heavy atom. The van der Waals surface area contributed by atoms with E-state index in [0.29, 0.717) is 13.1 Å². The highest BCUT2D eigenvalue weighted by Crippen LogP contribution is 2.34. The van der Waals surface area contributed by atoms with Crippen molar-refractivity contribution in [2.75, 3.05) is 18.0 Å². The van der Waals surface area contributed by atoms with Gasteiger partial charge in [-0.3, -0.25) is 0 Å². The number of benzene rings is 1. The van der Waals surface area contributed by atoms with E-state index in [4.69, 9.17) is 0 Å². The minimum atomic E-state index is -0.557. The van der Waals surface area contributed by atoms with Crippen LogP contribution in [-0.2, 0) is 0 Å². The second-order valence-corrected chi connectivity index (χ2v) is 5.47. The first-order chi connectivity index (χ1) is 8.60. The Bertz CT molecular complexity index is 568. The molecule has 1 aliphatic rings. The molecule has 18 heavy (non-hydrogen) atoms. The molecule has 0 unspecified atom stereocenters. The van der Waals surface area contributed by atoms with E-state index in [1.54, 1.807) is 0 Å². The molecule has 2 aromatic rings. The maximum atomic E-state index is 10.3. The lowest BCUT2D eigenvalue weighted by molar-refractivity contribution is -0.0302. The Hall–Kier alpha value is -1.61. The number of aliphatic hydroxyl groups is 1. The van der Waals surface area contributed by atoms with Gasteiger partial charge >= 0.3 is 0 Å². The fourth-order valence-electron chi connectivity index (χ4n) is 2.49. The summed E-state index contributed by atoms with van der Waals surface area (Å²) in [6.45, 7) is 5.47. The molecule has 1 aromatic heterocycles. The number of hydrogen-bond donors (Lipinski definition) is 1. The van der Waals surface area contributed by atoms with Gasteiger partial charge in [0.15, 0.2) is 0 Å². The van der Waals surface area contributed by atoms with Gasteiger partial charge in [-0.25, -0.2) is 4.98 Å². The smallest absolute Gasteiger partial charge is 0.136 e. The van der Waals surface area contributed by atoms with Crippen molar-refractivity contribution in [3.05, 3.63) is 36.5 Å². The summed E-state index contributed by atoms with van der Waals surface area (Å²) in [5.41, 5.74) is -0.557. The van der Waals surface area contributed by atoms with Gasteiger partial charge in [-0.15, -0.1) is 0 Å². The van der Waals surface area contributed by atoms with Crippen LogP contribution in [0.2, 0.25) is 0 Å². The van der Waals surface area contributed by atoms with Crippen LogP contribution < -0.4 is 4.90 Å². The predicted molar refractivity (Wildman–Crippen MR) is 73.7 cm³/mol. The molecule has 0 saturated carbocycles. The van der Waals surface area contributed by atoms with Gasteiger partial charge < -0.3 is 10.0 Å². The first-order valence-corrected chi connectivity index (χ1v) is 6.41. The van der Waals surface area contributed by atoms with Gasteiger partial charge in [-0.1, -0.05) is 38.1 Å². The van der Waals surface area contributed by atoms with Crippen molar-refractivity contribution in [1.82, 2.24) is 4.98 Å². The molecule has 0 spiro atoms. The van der Waals surface area contributed by atoms with E-state index in [-0.39, 0.29) is 5.92 Å². The number of rotatable bonds is 2. The normalized spacial score (nSPS) is 18.1. The van der Waals surface area contributed by atoms with Gasteiger partial charge in [-0.2, -0.15) is 0 Å². The third-order valence-corrected chi connectivity index (χ3v) is 3.96. The van der Waals surface area contributed by atoms with Gasteiger partial charge in [0.1, 0.15) is 11.4 Å². The summed E-state index contributed by atoms with van der Waals surface area (Å²) in [5, 5.41) is 12.7. The molecule has 94 valence electrons. The zero-order valence-corrected chi connectivity index (χ0v) is 10.8. The number of aromatic nitrogens is 1. The van der Waals surface area contributed by atoms with Crippen LogP contribution in [-0.4, -0.2) is 28.8 Å². The molecule has 1 aliphatic heterocycles. The fraction of sp³-hybridized carbons (Fsp3) is 0.400. The van der Waals surface area contributed by atoms with Crippen LogP contribution in [0.5, 0.6) is 0 Å². The maximum absolute atomic E-state index is 10.3. The number of fused-ring (bicyclic) bond motifs is 1. The monoisotopic (exact) mass is 242 g/mol. The molecule has 0 bridgehead atoms. The Labute approximate surface area is 107 Å². The molecule has 2 heterocycles. The number of β-amino-alcohol motifs (C(OH)–C–C–N with tert-alkyl or cyclic N) is 1. The Morgan fingerprint density at radius 3 is 2.67 bits per heavy atom. The third kappa shape index (κ3) is 1.66. The average molecular weight is 242 g/mol. The summed E-state index contributed by atoms with van der Waals surface area (Å²) in [4.78, 5) is 6.62. The van der Waals surface area contributed by atoms with Crippen LogP contribution in [0.3, 0.4) is 0 Å². The van der Waals surface area contributed by atoms with Gasteiger partial charge in [0.25, 0.3) is 0 Å². The van der Waals surface area contributed by atoms with E-state index in [9.17, 15) is 5.11 Å². The highest BCUT2D eigenvalue weighted by Gasteiger charge is 2.44. The molecule has 3 heteroatoms. The van der Waals surface area contributed by atoms with Crippen LogP contribution >= 0.6 is 0 Å². The summed E-state index contributed by atoms with van der Waals surface area (Å²) < 4.78 is 0. The van der Waals surface area contributed by atoms with E-state index >= 15 is 0 Å². The lowest BCUT2D eigenvalue weighted by Crippen LogP contribution is -2.65. The lowest BCUT2D eigenvalue weighted by atomic mass is 9.83. The topological polar surface area (TPSA) is 36.4 Å². The molecule has 3 nitrogen and oxygen atoms in total. The summed E-state index contributed by atoms with van der Waals surface area (Å²) in [6.07, 6.45) is 1.84. The van der Waals surface area contributed by atoms with Crippen LogP contribution in [0.1, 0.15) is 13.8 Å². The molecule has 1 aromatic carbocycles. The molecular weight excluding hydrogens is 224 g/mol. The summed E-state index contributed by atoms with van der Waals surface area (Å²) in [6, 6.07) is 10.3. The second kappa shape index (κ2) is 3.95. The first-order valence-electron chi connectivity index (χ1n) is 6.41. The molecule has 1 N–H and O–H groups in total. The van der Waals surface area contributed by atoms with E-state index in [0.717, 1.165) is 11.2 Å². The Balaban J connectivity index is 1.94. The largest absolute Gasteiger partial charge is 0.386 e. The standard InChI is InChI=1S/C15H18N2O/c1-11(2)15(18)9-17(10-15)14-13-6-4-3-5-12(13)7-8-16-14/h3-8,11,18H,9-10H2,1-2H3. The zero-order chi connectivity index (χ0) is 12.8. The van der Waals surface area contributed by atoms with Crippen molar-refractivity contribution in [1.29, 1.82) is 0 Å². The molecule has 3 rings (SSSR count). The quantitative estimate of drug-likeness (QED) is 0.878. The highest BCUT2D eigenvalue weighted by atomic mass is 16.3. The van der Waals surface area contributed by atoms with E-state index < -0.39 is 5.60 Å². The van der Waals surface area contributed by atoms with Crippen LogP contribution in [0.25, 0.3) is 10.8 Å². The number of nitrogens with zero attached hydrogens (tertiary/aromatic N) is 2. The molecule has 1 fully saturated rings. The van der Waals surface area contributed by atoms with E-state index in [2.05, 4.69) is 35.9 Å². The van der Waals surface area contributed by atoms with Gasteiger partial charge in [-0.05, 0) is 17.4 Å². The lowest BCUT2D eigenvalue weighted by Gasteiger charge is -2.49. The van der Waals surface area contributed by atoms with Crippen molar-refractivity contribution in [3.8, 4) is 0 Å². The van der Waals surface area contributed by atoms with E-state index in [1.807, 2.05) is 24.4 Å². The second-order valence-electron chi connectivity index (χ2n) is 5.47. The fourth-order valence-corrected chi connectivity index (χ4v) is 2.49. The van der Waals surface area contributed by atoms with Gasteiger partial charge in [0.2, 0.25) is 0 Å². The van der Waals surface area contributed by atoms with E-state index in [1.165, 1.54) is 5.39 Å². The molecule has 0 atom stereocenters. The van der Waals surface area contributed by atoms with Crippen LogP contribution in [0, 0.1) is 5.92 Å². The summed E-state index contributed by atoms with van der Waals surface area (Å²) in [5.74, 6) is 1.27. The Kier molecular flexibility index (Phi) is 2.52. The molecule has 1 saturated heterocycles. The summed E-state index contributed by atoms with van der Waals surface area (Å²) >= 11 is 0. The SMILES string of the molecule is CC(C)C1(O)CN(c2nccc3ccccc23)C1. The minimum Gasteiger partial charge on any atom is -0.386 e. The predicted octanol–water partition coefficient (Wildman–Crippen LogP) is 2.44. The number of anilines is 1. The van der Waals surface area contributed by atoms with Crippen molar-refractivity contribution in [2.24, 2.45) is 5.92 Å². The first kappa shape index (κ1) is 11.5. The van der Waals surface area contributed by atoms with Gasteiger partial charge in [0, 0.05) is 11.6 Å². The van der Waals surface area contributed by atoms with Crippen LogP contribution in [0.15, 0.2) is 36.5 Å². The summed E-state index contributed by atoms with van der Waals surface area (Å²) in [7, 11) is 0. The highest BCUT2D eigenvalue weighted by molar-refractivity contribution is 5.92. The van der Waals surface area contributed by atoms with Crippen molar-refractivity contribution < 1.29 is 5.11 Å². The molecular formula is C15H18N2O. The zero-order valence-electron chi connectivity index (χ0n) is 10.8. The minimum absolute atomic E-state index is 0.281. The molecule has 0 radical (unpaired) electrons. The molecule has 0 aliphatic carbocycles. The van der Waals surface area contributed by atoms with Crippen molar-refractivity contribution in [2.45, 2.75) is 19.4 Å².